The molecule has 0 radical (unpaired) electrons. The second kappa shape index (κ2) is 10.3. The molecule has 0 spiro atoms. The van der Waals surface area contributed by atoms with Crippen LogP contribution in [-0.2, 0) is 6.42 Å². The van der Waals surface area contributed by atoms with Crippen LogP contribution < -0.4 is 19.6 Å². The summed E-state index contributed by atoms with van der Waals surface area (Å²) in [6, 6.07) is 27.5. The Morgan fingerprint density at radius 2 is 1.82 bits per heavy atom. The van der Waals surface area contributed by atoms with Crippen molar-refractivity contribution >= 4 is 46.5 Å². The number of allylic oxidation sites excluding steroid dienone is 1. The second-order valence-corrected chi connectivity index (χ2v) is 12.1. The fourth-order valence-corrected chi connectivity index (χ4v) is 7.29. The van der Waals surface area contributed by atoms with Crippen molar-refractivity contribution < 1.29 is 9.15 Å². The van der Waals surface area contributed by atoms with Gasteiger partial charge in [-0.2, -0.15) is 0 Å². The number of aryl methyl sites for hydroxylation is 1. The topological polar surface area (TPSA) is 56.7 Å². The third-order valence-corrected chi connectivity index (χ3v) is 9.38. The molecule has 2 aromatic heterocycles. The van der Waals surface area contributed by atoms with Gasteiger partial charge in [0, 0.05) is 27.1 Å². The summed E-state index contributed by atoms with van der Waals surface area (Å²) in [5, 5.41) is 1.43. The second-order valence-electron chi connectivity index (χ2n) is 9.57. The first-order chi connectivity index (χ1) is 19.6. The largest absolute Gasteiger partial charge is 0.496 e. The number of nitrogens with zero attached hydrogens (tertiary/aromatic N) is 2. The number of hydrogen-bond acceptors (Lipinski definition) is 6. The highest BCUT2D eigenvalue weighted by atomic mass is 35.5. The minimum Gasteiger partial charge on any atom is -0.496 e. The summed E-state index contributed by atoms with van der Waals surface area (Å²) in [4.78, 5) is 20.8. The van der Waals surface area contributed by atoms with E-state index in [2.05, 4.69) is 18.2 Å². The Morgan fingerprint density at radius 1 is 1.02 bits per heavy atom. The van der Waals surface area contributed by atoms with E-state index in [1.807, 2.05) is 77.4 Å². The van der Waals surface area contributed by atoms with Gasteiger partial charge in [0.15, 0.2) is 9.89 Å². The quantitative estimate of drug-likeness (QED) is 0.231. The molecule has 0 saturated carbocycles. The van der Waals surface area contributed by atoms with E-state index in [0.717, 1.165) is 51.0 Å². The van der Waals surface area contributed by atoms with Gasteiger partial charge in [0.1, 0.15) is 11.5 Å². The van der Waals surface area contributed by atoms with Gasteiger partial charge in [-0.25, -0.2) is 4.99 Å². The van der Waals surface area contributed by atoms with Crippen LogP contribution in [0.2, 0.25) is 5.02 Å². The fraction of sp³-hybridized carbons (Fsp3) is 0.125. The number of furan rings is 1. The van der Waals surface area contributed by atoms with E-state index in [9.17, 15) is 4.79 Å². The molecule has 7 rings (SSSR count). The minimum absolute atomic E-state index is 0.0895. The average molecular weight is 583 g/mol. The van der Waals surface area contributed by atoms with Crippen molar-refractivity contribution in [2.45, 2.75) is 28.9 Å². The van der Waals surface area contributed by atoms with Crippen molar-refractivity contribution in [3.8, 4) is 5.75 Å². The zero-order valence-electron chi connectivity index (χ0n) is 21.5. The molecule has 40 heavy (non-hydrogen) atoms. The molecule has 1 aliphatic heterocycles. The summed E-state index contributed by atoms with van der Waals surface area (Å²) in [5.41, 5.74) is 5.39. The first-order valence-electron chi connectivity index (χ1n) is 12.9. The maximum atomic E-state index is 14.0. The van der Waals surface area contributed by atoms with Crippen LogP contribution in [0.1, 0.15) is 34.9 Å². The fourth-order valence-electron chi connectivity index (χ4n) is 5.41. The van der Waals surface area contributed by atoms with Crippen LogP contribution in [0.25, 0.3) is 11.8 Å². The van der Waals surface area contributed by atoms with Gasteiger partial charge < -0.3 is 9.15 Å². The maximum absolute atomic E-state index is 14.0. The van der Waals surface area contributed by atoms with Crippen LogP contribution in [0, 0.1) is 0 Å². The molecule has 8 heteroatoms. The molecule has 0 bridgehead atoms. The van der Waals surface area contributed by atoms with Crippen molar-refractivity contribution in [2.24, 2.45) is 4.99 Å². The zero-order valence-corrected chi connectivity index (χ0v) is 23.9. The lowest BCUT2D eigenvalue weighted by Crippen LogP contribution is -2.38. The SMILES string of the molecule is COc1ccccc1[C@@H]1C2=C(N=c3s/c(=C\c4ccc(Sc5ccc(Cl)cc5)o4)c(=O)n31)c1ccccc1CC2. The Morgan fingerprint density at radius 3 is 2.67 bits per heavy atom. The molecule has 3 aromatic carbocycles. The monoisotopic (exact) mass is 582 g/mol. The highest BCUT2D eigenvalue weighted by Crippen LogP contribution is 2.43. The number of thiazole rings is 1. The lowest BCUT2D eigenvalue weighted by molar-refractivity contribution is 0.402. The van der Waals surface area contributed by atoms with E-state index < -0.39 is 0 Å². The first kappa shape index (κ1) is 25.2. The van der Waals surface area contributed by atoms with Crippen LogP contribution in [0.15, 0.2) is 115 Å². The number of halogens is 1. The minimum atomic E-state index is -0.300. The predicted molar refractivity (Wildman–Crippen MR) is 160 cm³/mol. The number of ether oxygens (including phenoxy) is 1. The summed E-state index contributed by atoms with van der Waals surface area (Å²) in [7, 11) is 1.67. The summed E-state index contributed by atoms with van der Waals surface area (Å²) >= 11 is 8.90. The standard InChI is InChI=1S/C32H23ClN2O3S2/c1-37-26-9-5-4-8-24(26)30-25-16-10-19-6-2-3-7-23(19)29(25)34-32-35(30)31(36)27(40-32)18-21-13-17-28(38-21)39-22-14-11-20(33)12-15-22/h2-9,11-15,17-18,30H,10,16H2,1H3/b27-18-/t30-/m1/s1. The first-order valence-corrected chi connectivity index (χ1v) is 14.9. The molecule has 5 nitrogen and oxygen atoms in total. The Labute approximate surface area is 243 Å². The molecular formula is C32H23ClN2O3S2. The lowest BCUT2D eigenvalue weighted by Gasteiger charge is -2.31. The normalized spacial score (nSPS) is 16.2. The van der Waals surface area contributed by atoms with Crippen LogP contribution in [-0.4, -0.2) is 11.7 Å². The summed E-state index contributed by atoms with van der Waals surface area (Å²) < 4.78 is 14.2. The number of rotatable bonds is 5. The highest BCUT2D eigenvalue weighted by molar-refractivity contribution is 7.99. The van der Waals surface area contributed by atoms with Crippen LogP contribution in [0.4, 0.5) is 0 Å². The zero-order chi connectivity index (χ0) is 27.2. The Kier molecular flexibility index (Phi) is 6.50. The van der Waals surface area contributed by atoms with Gasteiger partial charge in [-0.05, 0) is 66.4 Å². The highest BCUT2D eigenvalue weighted by Gasteiger charge is 2.34. The van der Waals surface area contributed by atoms with Crippen molar-refractivity contribution in [1.82, 2.24) is 4.57 Å². The van der Waals surface area contributed by atoms with Gasteiger partial charge in [-0.15, -0.1) is 0 Å². The van der Waals surface area contributed by atoms with Gasteiger partial charge in [0.25, 0.3) is 5.56 Å². The van der Waals surface area contributed by atoms with Crippen molar-refractivity contribution in [2.75, 3.05) is 7.11 Å². The van der Waals surface area contributed by atoms with Crippen LogP contribution in [0.3, 0.4) is 0 Å². The van der Waals surface area contributed by atoms with E-state index >= 15 is 0 Å². The number of benzene rings is 3. The van der Waals surface area contributed by atoms with Crippen LogP contribution >= 0.6 is 34.7 Å². The molecule has 1 atom stereocenters. The predicted octanol–water partition coefficient (Wildman–Crippen LogP) is 6.72. The van der Waals surface area contributed by atoms with Gasteiger partial charge >= 0.3 is 0 Å². The summed E-state index contributed by atoms with van der Waals surface area (Å²) in [6.07, 6.45) is 3.54. The number of fused-ring (bicyclic) bond motifs is 3. The van der Waals surface area contributed by atoms with Crippen molar-refractivity contribution in [3.05, 3.63) is 138 Å². The molecule has 1 aliphatic carbocycles. The molecule has 0 amide bonds. The number of hydrogen-bond donors (Lipinski definition) is 0. The molecule has 3 heterocycles. The molecule has 198 valence electrons. The molecule has 5 aromatic rings. The number of methoxy groups -OCH3 is 1. The summed E-state index contributed by atoms with van der Waals surface area (Å²) in [6.45, 7) is 0. The van der Waals surface area contributed by atoms with Crippen LogP contribution in [0.5, 0.6) is 5.75 Å². The van der Waals surface area contributed by atoms with Gasteiger partial charge in [0.05, 0.1) is 23.4 Å². The average Bonchev–Trinajstić information content (AvgIpc) is 3.56. The molecule has 0 unspecified atom stereocenters. The smallest absolute Gasteiger partial charge is 0.271 e. The van der Waals surface area contributed by atoms with E-state index in [1.165, 1.54) is 28.7 Å². The molecule has 0 saturated heterocycles. The number of para-hydroxylation sites is 1. The van der Waals surface area contributed by atoms with E-state index in [1.54, 1.807) is 7.11 Å². The lowest BCUT2D eigenvalue weighted by atomic mass is 9.83. The Balaban J connectivity index is 1.36. The number of aromatic nitrogens is 1. The Hall–Kier alpha value is -3.78. The van der Waals surface area contributed by atoms with Gasteiger partial charge in [-0.3, -0.25) is 9.36 Å². The van der Waals surface area contributed by atoms with E-state index in [0.29, 0.717) is 20.1 Å². The molecule has 0 fully saturated rings. The van der Waals surface area contributed by atoms with Crippen molar-refractivity contribution in [3.63, 3.8) is 0 Å². The molecule has 2 aliphatic rings. The maximum Gasteiger partial charge on any atom is 0.271 e. The molecule has 0 N–H and O–H groups in total. The molecular weight excluding hydrogens is 560 g/mol. The third-order valence-electron chi connectivity index (χ3n) is 7.21. The third kappa shape index (κ3) is 4.44. The summed E-state index contributed by atoms with van der Waals surface area (Å²) in [5.74, 6) is 1.37. The Bertz CT molecular complexity index is 1970. The van der Waals surface area contributed by atoms with E-state index in [4.69, 9.17) is 25.7 Å². The van der Waals surface area contributed by atoms with Gasteiger partial charge in [-0.1, -0.05) is 77.2 Å². The van der Waals surface area contributed by atoms with Gasteiger partial charge in [0.2, 0.25) is 0 Å². The van der Waals surface area contributed by atoms with E-state index in [-0.39, 0.29) is 11.6 Å². The van der Waals surface area contributed by atoms with Crippen molar-refractivity contribution in [1.29, 1.82) is 0 Å².